The monoisotopic (exact) mass is 656 g/mol. The maximum atomic E-state index is 13.4. The normalized spacial score (nSPS) is 19.9. The fraction of sp³-hybridized carbons (Fsp3) is 0.222. The minimum Gasteiger partial charge on any atom is -0.458 e. The van der Waals surface area contributed by atoms with Crippen molar-refractivity contribution in [1.82, 2.24) is 0 Å². The van der Waals surface area contributed by atoms with Crippen molar-refractivity contribution in [3.05, 3.63) is 144 Å². The van der Waals surface area contributed by atoms with Gasteiger partial charge in [0.1, 0.15) is 12.7 Å². The van der Waals surface area contributed by atoms with E-state index in [0.29, 0.717) is 0 Å². The molecule has 1 fully saturated rings. The summed E-state index contributed by atoms with van der Waals surface area (Å²) >= 11 is 0. The molecule has 1 aliphatic heterocycles. The minimum absolute atomic E-state index is 0.105. The summed E-state index contributed by atoms with van der Waals surface area (Å²) in [5.41, 5.74) is -0.446. The van der Waals surface area contributed by atoms with E-state index in [9.17, 15) is 23.4 Å². The maximum Gasteiger partial charge on any atom is 0.338 e. The molecule has 5 rings (SSSR count). The minimum atomic E-state index is -1.75. The highest BCUT2D eigenvalue weighted by Gasteiger charge is 2.55. The molecule has 0 aliphatic carbocycles. The van der Waals surface area contributed by atoms with Crippen LogP contribution in [0.5, 0.6) is 0 Å². The molecule has 1 saturated heterocycles. The summed E-state index contributed by atoms with van der Waals surface area (Å²) in [6.07, 6.45) is -5.57. The molecular formula is C36H32O10S. The van der Waals surface area contributed by atoms with Crippen LogP contribution < -0.4 is 0 Å². The van der Waals surface area contributed by atoms with Crippen LogP contribution in [-0.2, 0) is 34.5 Å². The van der Waals surface area contributed by atoms with E-state index in [4.69, 9.17) is 23.7 Å². The van der Waals surface area contributed by atoms with E-state index < -0.39 is 71.1 Å². The Labute approximate surface area is 274 Å². The number of ether oxygens (including phenoxy) is 5. The molecule has 0 N–H and O–H groups in total. The van der Waals surface area contributed by atoms with E-state index in [2.05, 4.69) is 0 Å². The van der Waals surface area contributed by atoms with Gasteiger partial charge in [-0.05, 0) is 48.5 Å². The van der Waals surface area contributed by atoms with Crippen LogP contribution >= 0.6 is 0 Å². The van der Waals surface area contributed by atoms with E-state index in [1.807, 2.05) is 0 Å². The molecule has 0 radical (unpaired) electrons. The van der Waals surface area contributed by atoms with Gasteiger partial charge in [0.15, 0.2) is 23.7 Å². The van der Waals surface area contributed by atoms with Gasteiger partial charge in [-0.2, -0.15) is 0 Å². The van der Waals surface area contributed by atoms with Crippen molar-refractivity contribution in [2.45, 2.75) is 36.8 Å². The third-order valence-electron chi connectivity index (χ3n) is 7.28. The second kappa shape index (κ2) is 15.9. The molecule has 0 bridgehead atoms. The molecule has 47 heavy (non-hydrogen) atoms. The molecule has 242 valence electrons. The van der Waals surface area contributed by atoms with Crippen molar-refractivity contribution in [1.29, 1.82) is 0 Å². The zero-order valence-electron chi connectivity index (χ0n) is 25.3. The van der Waals surface area contributed by atoms with E-state index in [-0.39, 0.29) is 28.0 Å². The average molecular weight is 657 g/mol. The predicted molar refractivity (Wildman–Crippen MR) is 171 cm³/mol. The Morgan fingerprint density at radius 2 is 1.02 bits per heavy atom. The van der Waals surface area contributed by atoms with Gasteiger partial charge in [0.2, 0.25) is 0 Å². The highest BCUT2D eigenvalue weighted by Crippen LogP contribution is 2.34. The quantitative estimate of drug-likeness (QED) is 0.151. The Hall–Kier alpha value is -5.13. The number of esters is 4. The smallest absolute Gasteiger partial charge is 0.338 e. The van der Waals surface area contributed by atoms with Crippen LogP contribution in [-0.4, -0.2) is 70.3 Å². The molecule has 1 heterocycles. The van der Waals surface area contributed by atoms with Gasteiger partial charge in [0, 0.05) is 5.75 Å². The Balaban J connectivity index is 1.52. The summed E-state index contributed by atoms with van der Waals surface area (Å²) in [6, 6.07) is 32.5. The summed E-state index contributed by atoms with van der Waals surface area (Å²) < 4.78 is 42.8. The summed E-state index contributed by atoms with van der Waals surface area (Å²) in [6.45, 7) is 1.13. The van der Waals surface area contributed by atoms with Crippen molar-refractivity contribution in [2.75, 3.05) is 12.4 Å². The van der Waals surface area contributed by atoms with Crippen LogP contribution in [0.4, 0.5) is 0 Å². The molecule has 4 aromatic rings. The molecular weight excluding hydrogens is 624 g/mol. The lowest BCUT2D eigenvalue weighted by atomic mass is 10.1. The van der Waals surface area contributed by atoms with Gasteiger partial charge in [-0.15, -0.1) is 0 Å². The summed E-state index contributed by atoms with van der Waals surface area (Å²) in [5, 5.41) is 0. The van der Waals surface area contributed by atoms with E-state index in [1.54, 1.807) is 104 Å². The Morgan fingerprint density at radius 1 is 0.617 bits per heavy atom. The van der Waals surface area contributed by atoms with E-state index >= 15 is 0 Å². The van der Waals surface area contributed by atoms with Gasteiger partial charge in [-0.25, -0.2) is 19.2 Å². The fourth-order valence-corrected chi connectivity index (χ4v) is 6.00. The lowest BCUT2D eigenvalue weighted by Crippen LogP contribution is -2.47. The topological polar surface area (TPSA) is 132 Å². The molecule has 4 aromatic carbocycles. The molecule has 0 amide bonds. The van der Waals surface area contributed by atoms with Crippen molar-refractivity contribution in [3.63, 3.8) is 0 Å². The molecule has 0 aromatic heterocycles. The molecule has 10 nitrogen and oxygen atoms in total. The third kappa shape index (κ3) is 8.37. The summed E-state index contributed by atoms with van der Waals surface area (Å²) in [7, 11) is -1.75. The zero-order chi connectivity index (χ0) is 33.2. The van der Waals surface area contributed by atoms with Gasteiger partial charge >= 0.3 is 23.9 Å². The lowest BCUT2D eigenvalue weighted by Gasteiger charge is -2.28. The van der Waals surface area contributed by atoms with Crippen molar-refractivity contribution < 1.29 is 47.1 Å². The first-order chi connectivity index (χ1) is 22.9. The number of hydrogen-bond acceptors (Lipinski definition) is 10. The zero-order valence-corrected chi connectivity index (χ0v) is 26.2. The first-order valence-corrected chi connectivity index (χ1v) is 16.3. The van der Waals surface area contributed by atoms with Crippen molar-refractivity contribution in [2.24, 2.45) is 0 Å². The average Bonchev–Trinajstić information content (AvgIpc) is 3.47. The lowest BCUT2D eigenvalue weighted by molar-refractivity contribution is -0.0901. The second-order valence-corrected chi connectivity index (χ2v) is 12.2. The van der Waals surface area contributed by atoms with Crippen LogP contribution in [0, 0.1) is 0 Å². The molecule has 11 heteroatoms. The summed E-state index contributed by atoms with van der Waals surface area (Å²) in [5.74, 6) is -2.94. The molecule has 1 unspecified atom stereocenters. The molecule has 1 aliphatic rings. The number of rotatable bonds is 12. The molecule has 0 saturated carbocycles. The van der Waals surface area contributed by atoms with Crippen molar-refractivity contribution >= 4 is 34.7 Å². The van der Waals surface area contributed by atoms with Crippen LogP contribution in [0.2, 0.25) is 0 Å². The molecule has 6 atom stereocenters. The standard InChI is InChI=1S/C36H32O10S/c1-2-47(41)36-31(45-35(40)27-21-13-6-14-22-27)30(44-34(39)26-19-11-5-12-20-26)29(46-36)28(43-33(38)25-17-9-4-10-18-25)23-42-32(37)24-15-7-3-8-16-24/h3-22,28-31,36H,2,23H2,1H3/t28-,29+,30+,31-,36+,47?/m1/s1. The SMILES string of the molecule is CCS(=O)[C@@H]1O[C@@H]([C@@H](COC(=O)c2ccccc2)OC(=O)c2ccccc2)[C@H](OC(=O)c2ccccc2)[C@H]1OC(=O)c1ccccc1. The van der Waals surface area contributed by atoms with E-state index in [1.165, 1.54) is 24.3 Å². The van der Waals surface area contributed by atoms with Crippen LogP contribution in [0.1, 0.15) is 48.4 Å². The Morgan fingerprint density at radius 3 is 1.47 bits per heavy atom. The molecule has 0 spiro atoms. The van der Waals surface area contributed by atoms with Gasteiger partial charge < -0.3 is 23.7 Å². The van der Waals surface area contributed by atoms with Gasteiger partial charge in [-0.1, -0.05) is 79.7 Å². The third-order valence-corrected chi connectivity index (χ3v) is 8.75. The van der Waals surface area contributed by atoms with Gasteiger partial charge in [0.25, 0.3) is 0 Å². The first-order valence-electron chi connectivity index (χ1n) is 14.9. The fourth-order valence-electron chi connectivity index (χ4n) is 4.91. The Bertz CT molecular complexity index is 1680. The van der Waals surface area contributed by atoms with Crippen LogP contribution in [0.3, 0.4) is 0 Å². The summed E-state index contributed by atoms with van der Waals surface area (Å²) in [4.78, 5) is 53.0. The number of benzene rings is 4. The Kier molecular flexibility index (Phi) is 11.3. The van der Waals surface area contributed by atoms with Gasteiger partial charge in [-0.3, -0.25) is 4.21 Å². The number of carbonyl (C=O) groups excluding carboxylic acids is 4. The van der Waals surface area contributed by atoms with Crippen LogP contribution in [0.15, 0.2) is 121 Å². The predicted octanol–water partition coefficient (Wildman–Crippen LogP) is 5.01. The first kappa shape index (κ1) is 33.2. The number of hydrogen-bond donors (Lipinski definition) is 0. The second-order valence-electron chi connectivity index (χ2n) is 10.4. The maximum absolute atomic E-state index is 13.4. The highest BCUT2D eigenvalue weighted by atomic mass is 32.2. The van der Waals surface area contributed by atoms with E-state index in [0.717, 1.165) is 0 Å². The highest BCUT2D eigenvalue weighted by molar-refractivity contribution is 7.85. The van der Waals surface area contributed by atoms with Crippen molar-refractivity contribution in [3.8, 4) is 0 Å². The van der Waals surface area contributed by atoms with Gasteiger partial charge in [0.05, 0.1) is 33.1 Å². The largest absolute Gasteiger partial charge is 0.458 e. The van der Waals surface area contributed by atoms with Crippen LogP contribution in [0.25, 0.3) is 0 Å². The number of carbonyl (C=O) groups is 4.